The normalized spacial score (nSPS) is 18.7. The van der Waals surface area contributed by atoms with Gasteiger partial charge < -0.3 is 14.6 Å². The quantitative estimate of drug-likeness (QED) is 0.701. The van der Waals surface area contributed by atoms with Gasteiger partial charge in [0.2, 0.25) is 0 Å². The molecule has 5 rings (SSSR count). The largest absolute Gasteiger partial charge is 0.445 e. The molecule has 7 heteroatoms. The molecule has 1 aliphatic heterocycles. The summed E-state index contributed by atoms with van der Waals surface area (Å²) in [7, 11) is 1.88. The summed E-state index contributed by atoms with van der Waals surface area (Å²) in [4.78, 5) is 30.2. The van der Waals surface area contributed by atoms with Crippen LogP contribution in [0.25, 0.3) is 11.0 Å². The van der Waals surface area contributed by atoms with Crippen molar-refractivity contribution in [3.8, 4) is 0 Å². The van der Waals surface area contributed by atoms with Crippen molar-refractivity contribution in [3.05, 3.63) is 63.1 Å². The van der Waals surface area contributed by atoms with E-state index >= 15 is 0 Å². The molecular weight excluding hydrogens is 392 g/mol. The van der Waals surface area contributed by atoms with Crippen molar-refractivity contribution < 1.29 is 9.53 Å². The number of carbonyl (C=O) groups excluding carboxylic acids is 1. The van der Waals surface area contributed by atoms with E-state index in [-0.39, 0.29) is 24.2 Å². The first-order valence-electron chi connectivity index (χ1n) is 11.2. The number of aryl methyl sites for hydroxylation is 2. The van der Waals surface area contributed by atoms with E-state index in [0.29, 0.717) is 13.1 Å². The molecule has 2 aliphatic rings. The number of nitrogens with zero attached hydrogens (tertiary/aromatic N) is 3. The zero-order chi connectivity index (χ0) is 21.4. The summed E-state index contributed by atoms with van der Waals surface area (Å²) in [6.07, 6.45) is 5.52. The van der Waals surface area contributed by atoms with Crippen molar-refractivity contribution in [2.45, 2.75) is 51.0 Å². The highest BCUT2D eigenvalue weighted by molar-refractivity contribution is 5.84. The Morgan fingerprint density at radius 3 is 2.74 bits per heavy atom. The third-order valence-electron chi connectivity index (χ3n) is 6.62. The molecule has 2 aromatic heterocycles. The fourth-order valence-electron chi connectivity index (χ4n) is 5.06. The molecule has 162 valence electrons. The number of fused-ring (bicyclic) bond motifs is 3. The standard InChI is InChI=1S/C24H28N4O3/c1-27-22-20(18-11-5-6-12-19(18)23(29)25-22)21(26-27)17-10-7-13-28(14-17)24(30)31-15-16-8-3-2-4-9-16/h2-4,8-9,17H,5-7,10-15H2,1H3,(H,25,29). The van der Waals surface area contributed by atoms with Crippen LogP contribution in [0.3, 0.4) is 0 Å². The summed E-state index contributed by atoms with van der Waals surface area (Å²) in [5.74, 6) is 0.138. The molecule has 7 nitrogen and oxygen atoms in total. The summed E-state index contributed by atoms with van der Waals surface area (Å²) in [5, 5.41) is 5.92. The molecule has 1 atom stereocenters. The van der Waals surface area contributed by atoms with E-state index in [4.69, 9.17) is 9.84 Å². The Hall–Kier alpha value is -3.09. The van der Waals surface area contributed by atoms with E-state index in [0.717, 1.165) is 71.9 Å². The number of aromatic amines is 1. The predicted octanol–water partition coefficient (Wildman–Crippen LogP) is 3.66. The SMILES string of the molecule is Cn1nc(C2CCCN(C(=O)OCc3ccccc3)C2)c2c3c(c(=O)[nH]c21)CCCC3. The Morgan fingerprint density at radius 2 is 1.94 bits per heavy atom. The molecule has 3 heterocycles. The second-order valence-electron chi connectivity index (χ2n) is 8.68. The number of nitrogens with one attached hydrogen (secondary N) is 1. The third kappa shape index (κ3) is 3.73. The van der Waals surface area contributed by atoms with Crippen LogP contribution in [0.2, 0.25) is 0 Å². The fraction of sp³-hybridized carbons (Fsp3) is 0.458. The summed E-state index contributed by atoms with van der Waals surface area (Å²) in [6, 6.07) is 9.74. The molecule has 31 heavy (non-hydrogen) atoms. The van der Waals surface area contributed by atoms with Gasteiger partial charge in [-0.3, -0.25) is 9.48 Å². The number of pyridine rings is 1. The van der Waals surface area contributed by atoms with Gasteiger partial charge in [-0.15, -0.1) is 0 Å². The van der Waals surface area contributed by atoms with Crippen molar-refractivity contribution >= 4 is 17.1 Å². The average Bonchev–Trinajstić information content (AvgIpc) is 3.15. The molecule has 1 unspecified atom stereocenters. The minimum absolute atomic E-state index is 0.0199. The van der Waals surface area contributed by atoms with Gasteiger partial charge >= 0.3 is 6.09 Å². The second kappa shape index (κ2) is 8.21. The molecule has 1 saturated heterocycles. The zero-order valence-electron chi connectivity index (χ0n) is 17.9. The van der Waals surface area contributed by atoms with E-state index in [1.165, 1.54) is 0 Å². The van der Waals surface area contributed by atoms with Crippen LogP contribution in [0.5, 0.6) is 0 Å². The topological polar surface area (TPSA) is 80.2 Å². The number of hydrogen-bond donors (Lipinski definition) is 1. The Labute approximate surface area is 181 Å². The number of ether oxygens (including phenoxy) is 1. The first kappa shape index (κ1) is 19.8. The van der Waals surface area contributed by atoms with Crippen LogP contribution in [-0.4, -0.2) is 38.8 Å². The lowest BCUT2D eigenvalue weighted by molar-refractivity contribution is 0.0856. The monoisotopic (exact) mass is 420 g/mol. The van der Waals surface area contributed by atoms with E-state index < -0.39 is 0 Å². The number of carbonyl (C=O) groups is 1. The van der Waals surface area contributed by atoms with Crippen LogP contribution in [-0.2, 0) is 31.2 Å². The second-order valence-corrected chi connectivity index (χ2v) is 8.68. The van der Waals surface area contributed by atoms with Gasteiger partial charge in [-0.1, -0.05) is 30.3 Å². The summed E-state index contributed by atoms with van der Waals surface area (Å²) < 4.78 is 7.35. The molecule has 1 amide bonds. The molecule has 0 spiro atoms. The summed E-state index contributed by atoms with van der Waals surface area (Å²) in [5.41, 5.74) is 4.89. The molecule has 0 radical (unpaired) electrons. The molecule has 0 saturated carbocycles. The van der Waals surface area contributed by atoms with Crippen LogP contribution in [0.4, 0.5) is 4.79 Å². The van der Waals surface area contributed by atoms with Crippen molar-refractivity contribution in [1.29, 1.82) is 0 Å². The van der Waals surface area contributed by atoms with Gasteiger partial charge in [0, 0.05) is 37.0 Å². The maximum atomic E-state index is 12.7. The minimum atomic E-state index is -0.274. The molecule has 1 fully saturated rings. The highest BCUT2D eigenvalue weighted by Crippen LogP contribution is 2.35. The van der Waals surface area contributed by atoms with Gasteiger partial charge in [-0.2, -0.15) is 5.10 Å². The zero-order valence-corrected chi connectivity index (χ0v) is 17.9. The predicted molar refractivity (Wildman–Crippen MR) is 118 cm³/mol. The molecule has 0 bridgehead atoms. The minimum Gasteiger partial charge on any atom is -0.445 e. The lowest BCUT2D eigenvalue weighted by Crippen LogP contribution is -2.39. The third-order valence-corrected chi connectivity index (χ3v) is 6.62. The number of benzene rings is 1. The number of aromatic nitrogens is 3. The molecule has 1 N–H and O–H groups in total. The number of amides is 1. The van der Waals surface area contributed by atoms with Gasteiger partial charge in [-0.05, 0) is 49.7 Å². The van der Waals surface area contributed by atoms with Crippen molar-refractivity contribution in [2.24, 2.45) is 7.05 Å². The van der Waals surface area contributed by atoms with Crippen LogP contribution >= 0.6 is 0 Å². The summed E-state index contributed by atoms with van der Waals surface area (Å²) in [6.45, 7) is 1.57. The Bertz CT molecular complexity index is 1170. The lowest BCUT2D eigenvalue weighted by atomic mass is 9.87. The van der Waals surface area contributed by atoms with Crippen LogP contribution in [0.1, 0.15) is 54.0 Å². The molecule has 1 aromatic carbocycles. The van der Waals surface area contributed by atoms with Crippen molar-refractivity contribution in [3.63, 3.8) is 0 Å². The number of piperidine rings is 1. The number of hydrogen-bond acceptors (Lipinski definition) is 4. The van der Waals surface area contributed by atoms with E-state index in [2.05, 4.69) is 4.98 Å². The fourth-order valence-corrected chi connectivity index (χ4v) is 5.06. The van der Waals surface area contributed by atoms with Gasteiger partial charge in [0.05, 0.1) is 5.69 Å². The van der Waals surface area contributed by atoms with Gasteiger partial charge in [0.1, 0.15) is 12.3 Å². The first-order valence-corrected chi connectivity index (χ1v) is 11.2. The Balaban J connectivity index is 1.40. The van der Waals surface area contributed by atoms with Gasteiger partial charge in [-0.25, -0.2) is 4.79 Å². The van der Waals surface area contributed by atoms with Gasteiger partial charge in [0.25, 0.3) is 5.56 Å². The van der Waals surface area contributed by atoms with Crippen LogP contribution < -0.4 is 5.56 Å². The van der Waals surface area contributed by atoms with Crippen molar-refractivity contribution in [2.75, 3.05) is 13.1 Å². The number of likely N-dealkylation sites (tertiary alicyclic amines) is 1. The van der Waals surface area contributed by atoms with Gasteiger partial charge in [0.15, 0.2) is 0 Å². The molecular formula is C24H28N4O3. The van der Waals surface area contributed by atoms with Crippen LogP contribution in [0, 0.1) is 0 Å². The average molecular weight is 421 g/mol. The van der Waals surface area contributed by atoms with E-state index in [1.54, 1.807) is 9.58 Å². The maximum Gasteiger partial charge on any atom is 0.410 e. The molecule has 1 aliphatic carbocycles. The lowest BCUT2D eigenvalue weighted by Gasteiger charge is -2.31. The van der Waals surface area contributed by atoms with E-state index in [9.17, 15) is 9.59 Å². The highest BCUT2D eigenvalue weighted by Gasteiger charge is 2.31. The summed E-state index contributed by atoms with van der Waals surface area (Å²) >= 11 is 0. The highest BCUT2D eigenvalue weighted by atomic mass is 16.6. The Kier molecular flexibility index (Phi) is 5.26. The number of rotatable bonds is 3. The first-order chi connectivity index (χ1) is 15.1. The van der Waals surface area contributed by atoms with E-state index in [1.807, 2.05) is 37.4 Å². The van der Waals surface area contributed by atoms with Crippen LogP contribution in [0.15, 0.2) is 35.1 Å². The molecule has 3 aromatic rings. The smallest absolute Gasteiger partial charge is 0.410 e. The number of H-pyrrole nitrogens is 1. The maximum absolute atomic E-state index is 12.7. The Morgan fingerprint density at radius 1 is 1.16 bits per heavy atom. The van der Waals surface area contributed by atoms with Crippen molar-refractivity contribution in [1.82, 2.24) is 19.7 Å².